The first-order valence-electron chi connectivity index (χ1n) is 4.69. The average molecular weight is 169 g/mol. The lowest BCUT2D eigenvalue weighted by atomic mass is 9.88. The van der Waals surface area contributed by atoms with Crippen molar-refractivity contribution in [2.45, 2.75) is 19.2 Å². The van der Waals surface area contributed by atoms with E-state index in [1.54, 1.807) is 0 Å². The Morgan fingerprint density at radius 1 is 1.58 bits per heavy atom. The number of carboxylic acids is 1. The van der Waals surface area contributed by atoms with E-state index in [4.69, 9.17) is 5.11 Å². The Hall–Kier alpha value is -0.505. The first-order valence-corrected chi connectivity index (χ1v) is 4.69. The van der Waals surface area contributed by atoms with Crippen LogP contribution in [0.1, 0.15) is 12.8 Å². The van der Waals surface area contributed by atoms with Gasteiger partial charge in [0.15, 0.2) is 0 Å². The zero-order chi connectivity index (χ0) is 8.97. The summed E-state index contributed by atoms with van der Waals surface area (Å²) in [5.74, 6) is -0.417. The number of hydrogen-bond acceptors (Lipinski definition) is 2. The van der Waals surface area contributed by atoms with E-state index in [1.807, 2.05) is 0 Å². The Morgan fingerprint density at radius 3 is 2.92 bits per heavy atom. The normalized spacial score (nSPS) is 29.0. The highest BCUT2D eigenvalue weighted by molar-refractivity contribution is 6.08. The molecule has 3 nitrogen and oxygen atoms in total. The van der Waals surface area contributed by atoms with Crippen molar-refractivity contribution in [1.82, 2.24) is 5.32 Å². The summed E-state index contributed by atoms with van der Waals surface area (Å²) in [7, 11) is 2.14. The van der Waals surface area contributed by atoms with Crippen LogP contribution >= 0.6 is 0 Å². The van der Waals surface area contributed by atoms with Gasteiger partial charge in [0.05, 0.1) is 5.92 Å². The van der Waals surface area contributed by atoms with Gasteiger partial charge in [-0.3, -0.25) is 4.79 Å². The van der Waals surface area contributed by atoms with Crippen LogP contribution in [-0.4, -0.2) is 32.0 Å². The number of aliphatic carboxylic acids is 1. The standard InChI is InChI=1S/C8H16BNO2/c9-3-1-2-6-4-10-5-7(6)8(11)12/h6-7,10H,1-5,9H2,(H,11,12)/t6-,7+/m0/s1. The molecule has 2 atom stereocenters. The molecule has 0 aromatic carbocycles. The van der Waals surface area contributed by atoms with Crippen molar-refractivity contribution >= 4 is 13.8 Å². The summed E-state index contributed by atoms with van der Waals surface area (Å²) < 4.78 is 0. The monoisotopic (exact) mass is 169 g/mol. The minimum Gasteiger partial charge on any atom is -0.481 e. The van der Waals surface area contributed by atoms with E-state index in [1.165, 1.54) is 0 Å². The molecular weight excluding hydrogens is 153 g/mol. The maximum atomic E-state index is 10.7. The highest BCUT2D eigenvalue weighted by Crippen LogP contribution is 2.22. The van der Waals surface area contributed by atoms with E-state index in [-0.39, 0.29) is 5.92 Å². The van der Waals surface area contributed by atoms with Crippen molar-refractivity contribution in [3.05, 3.63) is 0 Å². The molecule has 1 aliphatic heterocycles. The number of rotatable bonds is 4. The van der Waals surface area contributed by atoms with Gasteiger partial charge in [0.25, 0.3) is 0 Å². The van der Waals surface area contributed by atoms with E-state index in [0.29, 0.717) is 12.5 Å². The summed E-state index contributed by atoms with van der Waals surface area (Å²) in [6, 6.07) is 0. The fourth-order valence-electron chi connectivity index (χ4n) is 1.79. The van der Waals surface area contributed by atoms with Gasteiger partial charge >= 0.3 is 5.97 Å². The predicted octanol–water partition coefficient (Wildman–Crippen LogP) is -0.262. The third-order valence-electron chi connectivity index (χ3n) is 2.59. The van der Waals surface area contributed by atoms with Crippen LogP contribution in [0.5, 0.6) is 0 Å². The minimum absolute atomic E-state index is 0.142. The number of carboxylic acid groups (broad SMARTS) is 1. The summed E-state index contributed by atoms with van der Waals surface area (Å²) >= 11 is 0. The zero-order valence-electron chi connectivity index (χ0n) is 7.55. The molecular formula is C8H16BNO2. The van der Waals surface area contributed by atoms with Crippen molar-refractivity contribution in [2.75, 3.05) is 13.1 Å². The lowest BCUT2D eigenvalue weighted by molar-refractivity contribution is -0.142. The topological polar surface area (TPSA) is 49.3 Å². The van der Waals surface area contributed by atoms with Crippen molar-refractivity contribution < 1.29 is 9.90 Å². The third-order valence-corrected chi connectivity index (χ3v) is 2.59. The second kappa shape index (κ2) is 4.50. The van der Waals surface area contributed by atoms with Crippen LogP contribution in [0.15, 0.2) is 0 Å². The Labute approximate surface area is 73.9 Å². The van der Waals surface area contributed by atoms with Crippen molar-refractivity contribution in [1.29, 1.82) is 0 Å². The highest BCUT2D eigenvalue weighted by Gasteiger charge is 2.31. The van der Waals surface area contributed by atoms with Crippen LogP contribution in [0, 0.1) is 11.8 Å². The summed E-state index contributed by atoms with van der Waals surface area (Å²) in [5, 5.41) is 12.0. The van der Waals surface area contributed by atoms with Crippen molar-refractivity contribution in [2.24, 2.45) is 11.8 Å². The lowest BCUT2D eigenvalue weighted by Crippen LogP contribution is -2.22. The van der Waals surface area contributed by atoms with E-state index in [0.717, 1.165) is 25.7 Å². The van der Waals surface area contributed by atoms with Crippen LogP contribution in [0.2, 0.25) is 6.32 Å². The molecule has 0 saturated carbocycles. The van der Waals surface area contributed by atoms with Gasteiger partial charge in [-0.05, 0) is 18.9 Å². The van der Waals surface area contributed by atoms with Crippen LogP contribution in [0.4, 0.5) is 0 Å². The van der Waals surface area contributed by atoms with Gasteiger partial charge < -0.3 is 10.4 Å². The van der Waals surface area contributed by atoms with Gasteiger partial charge in [-0.25, -0.2) is 0 Å². The summed E-state index contributed by atoms with van der Waals surface area (Å²) in [6.45, 7) is 1.54. The van der Waals surface area contributed by atoms with E-state index in [9.17, 15) is 4.79 Å². The number of carbonyl (C=O) groups is 1. The molecule has 68 valence electrons. The fourth-order valence-corrected chi connectivity index (χ4v) is 1.79. The third kappa shape index (κ3) is 2.24. The molecule has 1 saturated heterocycles. The van der Waals surface area contributed by atoms with Gasteiger partial charge in [0.1, 0.15) is 7.85 Å². The summed E-state index contributed by atoms with van der Waals surface area (Å²) in [4.78, 5) is 10.7. The molecule has 0 spiro atoms. The van der Waals surface area contributed by atoms with Gasteiger partial charge in [0, 0.05) is 6.54 Å². The molecule has 1 heterocycles. The maximum absolute atomic E-state index is 10.7. The second-order valence-corrected chi connectivity index (χ2v) is 3.51. The molecule has 0 radical (unpaired) electrons. The van der Waals surface area contributed by atoms with Crippen LogP contribution in [-0.2, 0) is 4.79 Å². The van der Waals surface area contributed by atoms with Gasteiger partial charge in [-0.15, -0.1) is 0 Å². The van der Waals surface area contributed by atoms with Gasteiger partial charge in [-0.2, -0.15) is 0 Å². The highest BCUT2D eigenvalue weighted by atomic mass is 16.4. The largest absolute Gasteiger partial charge is 0.481 e. The Morgan fingerprint density at radius 2 is 2.33 bits per heavy atom. The molecule has 0 unspecified atom stereocenters. The van der Waals surface area contributed by atoms with Crippen molar-refractivity contribution in [3.63, 3.8) is 0 Å². The number of hydrogen-bond donors (Lipinski definition) is 2. The first-order chi connectivity index (χ1) is 5.75. The lowest BCUT2D eigenvalue weighted by Gasteiger charge is -2.13. The Kier molecular flexibility index (Phi) is 3.60. The molecule has 4 heteroatoms. The molecule has 0 aromatic rings. The molecule has 2 N–H and O–H groups in total. The van der Waals surface area contributed by atoms with Crippen LogP contribution in [0.25, 0.3) is 0 Å². The molecule has 1 aliphatic rings. The molecule has 0 aliphatic carbocycles. The molecule has 0 bridgehead atoms. The zero-order valence-corrected chi connectivity index (χ0v) is 7.55. The summed E-state index contributed by atoms with van der Waals surface area (Å²) in [5.41, 5.74) is 0. The molecule has 0 amide bonds. The van der Waals surface area contributed by atoms with E-state index in [2.05, 4.69) is 13.2 Å². The smallest absolute Gasteiger partial charge is 0.308 e. The van der Waals surface area contributed by atoms with Gasteiger partial charge in [0.2, 0.25) is 0 Å². The molecule has 12 heavy (non-hydrogen) atoms. The maximum Gasteiger partial charge on any atom is 0.308 e. The molecule has 1 rings (SSSR count). The molecule has 0 aromatic heterocycles. The van der Waals surface area contributed by atoms with Crippen LogP contribution < -0.4 is 5.32 Å². The minimum atomic E-state index is -0.638. The second-order valence-electron chi connectivity index (χ2n) is 3.51. The van der Waals surface area contributed by atoms with E-state index < -0.39 is 5.97 Å². The summed E-state index contributed by atoms with van der Waals surface area (Å²) in [6.07, 6.45) is 3.36. The van der Waals surface area contributed by atoms with E-state index >= 15 is 0 Å². The van der Waals surface area contributed by atoms with Crippen LogP contribution in [0.3, 0.4) is 0 Å². The number of nitrogens with one attached hydrogen (secondary N) is 1. The average Bonchev–Trinajstić information content (AvgIpc) is 2.48. The first kappa shape index (κ1) is 9.58. The molecule has 1 fully saturated rings. The Balaban J connectivity index is 2.35. The Bertz CT molecular complexity index is 163. The predicted molar refractivity (Wildman–Crippen MR) is 50.1 cm³/mol. The van der Waals surface area contributed by atoms with Gasteiger partial charge in [-0.1, -0.05) is 12.7 Å². The van der Waals surface area contributed by atoms with Crippen molar-refractivity contribution in [3.8, 4) is 0 Å². The SMILES string of the molecule is BCCC[C@H]1CNC[C@H]1C(=O)O. The quantitative estimate of drug-likeness (QED) is 0.570. The fraction of sp³-hybridized carbons (Fsp3) is 0.875.